The first-order valence-electron chi connectivity index (χ1n) is 7.37. The van der Waals surface area contributed by atoms with Gasteiger partial charge >= 0.3 is 0 Å². The number of nitrogens with one attached hydrogen (secondary N) is 2. The predicted molar refractivity (Wildman–Crippen MR) is 89.8 cm³/mol. The number of thioether (sulfide) groups is 1. The molecule has 0 saturated carbocycles. The third-order valence-corrected chi connectivity index (χ3v) is 5.92. The number of halogens is 1. The van der Waals surface area contributed by atoms with Crippen LogP contribution >= 0.6 is 11.8 Å². The van der Waals surface area contributed by atoms with Crippen molar-refractivity contribution in [2.24, 2.45) is 0 Å². The summed E-state index contributed by atoms with van der Waals surface area (Å²) in [6.45, 7) is 2.65. The highest BCUT2D eigenvalue weighted by atomic mass is 32.2. The van der Waals surface area contributed by atoms with Gasteiger partial charge in [0, 0.05) is 36.8 Å². The van der Waals surface area contributed by atoms with Crippen molar-refractivity contribution in [3.63, 3.8) is 0 Å². The number of rotatable bonds is 5. The molecule has 1 fully saturated rings. The van der Waals surface area contributed by atoms with Crippen LogP contribution in [0.15, 0.2) is 23.1 Å². The standard InChI is InChI=1S/C15H21FN2O3S2/c1-10(18-15(19)8-12-9-22-6-5-17-12)11-3-4-14(13(16)7-11)23(2,20)21/h3-4,7,10,12,17H,5-6,8-9H2,1-2H3,(H,18,19). The van der Waals surface area contributed by atoms with E-state index in [2.05, 4.69) is 10.6 Å². The van der Waals surface area contributed by atoms with Crippen LogP contribution in [0.3, 0.4) is 0 Å². The van der Waals surface area contributed by atoms with Crippen molar-refractivity contribution < 1.29 is 17.6 Å². The number of carbonyl (C=O) groups is 1. The van der Waals surface area contributed by atoms with Gasteiger partial charge in [0.1, 0.15) is 10.7 Å². The number of hydrogen-bond donors (Lipinski definition) is 2. The van der Waals surface area contributed by atoms with E-state index in [-0.39, 0.29) is 22.9 Å². The van der Waals surface area contributed by atoms with Crippen molar-refractivity contribution in [2.75, 3.05) is 24.3 Å². The molecule has 1 aliphatic rings. The molecule has 128 valence electrons. The van der Waals surface area contributed by atoms with Crippen molar-refractivity contribution in [2.45, 2.75) is 30.3 Å². The van der Waals surface area contributed by atoms with Crippen LogP contribution in [0, 0.1) is 5.82 Å². The van der Waals surface area contributed by atoms with Crippen LogP contribution in [0.1, 0.15) is 24.9 Å². The van der Waals surface area contributed by atoms with Gasteiger partial charge in [0.15, 0.2) is 9.84 Å². The summed E-state index contributed by atoms with van der Waals surface area (Å²) in [5.74, 6) is 1.06. The number of benzene rings is 1. The van der Waals surface area contributed by atoms with Crippen molar-refractivity contribution in [3.8, 4) is 0 Å². The molecule has 0 aliphatic carbocycles. The first-order valence-corrected chi connectivity index (χ1v) is 10.4. The summed E-state index contributed by atoms with van der Waals surface area (Å²) in [4.78, 5) is 11.7. The first-order chi connectivity index (χ1) is 10.8. The molecule has 2 atom stereocenters. The summed E-state index contributed by atoms with van der Waals surface area (Å²) in [6, 6.07) is 3.70. The van der Waals surface area contributed by atoms with Gasteiger partial charge in [0.2, 0.25) is 5.91 Å². The maximum absolute atomic E-state index is 13.9. The van der Waals surface area contributed by atoms with E-state index in [1.165, 1.54) is 12.1 Å². The second-order valence-electron chi connectivity index (χ2n) is 5.68. The topological polar surface area (TPSA) is 75.3 Å². The van der Waals surface area contributed by atoms with Crippen molar-refractivity contribution >= 4 is 27.5 Å². The molecule has 1 aliphatic heterocycles. The molecular weight excluding hydrogens is 339 g/mol. The summed E-state index contributed by atoms with van der Waals surface area (Å²) >= 11 is 1.82. The zero-order chi connectivity index (χ0) is 17.0. The number of carbonyl (C=O) groups excluding carboxylic acids is 1. The Morgan fingerprint density at radius 1 is 1.52 bits per heavy atom. The molecular formula is C15H21FN2O3S2. The summed E-state index contributed by atoms with van der Waals surface area (Å²) < 4.78 is 36.7. The minimum Gasteiger partial charge on any atom is -0.350 e. The van der Waals surface area contributed by atoms with Crippen LogP contribution in [0.2, 0.25) is 0 Å². The largest absolute Gasteiger partial charge is 0.350 e. The van der Waals surface area contributed by atoms with E-state index in [1.807, 2.05) is 11.8 Å². The van der Waals surface area contributed by atoms with E-state index in [0.717, 1.165) is 30.4 Å². The molecule has 2 unspecified atom stereocenters. The Morgan fingerprint density at radius 3 is 2.83 bits per heavy atom. The quantitative estimate of drug-likeness (QED) is 0.832. The van der Waals surface area contributed by atoms with Gasteiger partial charge in [0.25, 0.3) is 0 Å². The van der Waals surface area contributed by atoms with Crippen LogP contribution in [0.5, 0.6) is 0 Å². The van der Waals surface area contributed by atoms with E-state index < -0.39 is 15.7 Å². The molecule has 1 aromatic carbocycles. The van der Waals surface area contributed by atoms with Gasteiger partial charge in [0.05, 0.1) is 6.04 Å². The maximum atomic E-state index is 13.9. The Balaban J connectivity index is 1.98. The Bertz CT molecular complexity index is 673. The highest BCUT2D eigenvalue weighted by Gasteiger charge is 2.20. The first kappa shape index (κ1) is 18.2. The van der Waals surface area contributed by atoms with Crippen molar-refractivity contribution in [1.82, 2.24) is 10.6 Å². The number of amides is 1. The molecule has 23 heavy (non-hydrogen) atoms. The van der Waals surface area contributed by atoms with Crippen LogP contribution in [-0.4, -0.2) is 44.7 Å². The highest BCUT2D eigenvalue weighted by molar-refractivity contribution is 7.99. The average molecular weight is 360 g/mol. The number of sulfone groups is 1. The van der Waals surface area contributed by atoms with Gasteiger partial charge in [-0.05, 0) is 24.6 Å². The minimum atomic E-state index is -3.59. The van der Waals surface area contributed by atoms with Crippen LogP contribution < -0.4 is 10.6 Å². The molecule has 8 heteroatoms. The fourth-order valence-electron chi connectivity index (χ4n) is 2.45. The van der Waals surface area contributed by atoms with Crippen molar-refractivity contribution in [1.29, 1.82) is 0 Å². The van der Waals surface area contributed by atoms with Gasteiger partial charge in [-0.15, -0.1) is 0 Å². The van der Waals surface area contributed by atoms with Gasteiger partial charge in [-0.25, -0.2) is 12.8 Å². The smallest absolute Gasteiger partial charge is 0.222 e. The monoisotopic (exact) mass is 360 g/mol. The zero-order valence-electron chi connectivity index (χ0n) is 13.1. The molecule has 1 amide bonds. The Labute approximate surface area is 140 Å². The third-order valence-electron chi connectivity index (χ3n) is 3.66. The minimum absolute atomic E-state index is 0.106. The van der Waals surface area contributed by atoms with Crippen LogP contribution in [0.4, 0.5) is 4.39 Å². The molecule has 0 spiro atoms. The summed E-state index contributed by atoms with van der Waals surface area (Å²) in [5, 5.41) is 6.11. The molecule has 2 rings (SSSR count). The lowest BCUT2D eigenvalue weighted by Gasteiger charge is -2.23. The number of hydrogen-bond acceptors (Lipinski definition) is 5. The van der Waals surface area contributed by atoms with Crippen LogP contribution in [-0.2, 0) is 14.6 Å². The molecule has 5 nitrogen and oxygen atoms in total. The van der Waals surface area contributed by atoms with E-state index in [0.29, 0.717) is 12.0 Å². The maximum Gasteiger partial charge on any atom is 0.222 e. The average Bonchev–Trinajstić information content (AvgIpc) is 2.46. The third kappa shape index (κ3) is 5.19. The van der Waals surface area contributed by atoms with Gasteiger partial charge < -0.3 is 10.6 Å². The summed E-state index contributed by atoms with van der Waals surface area (Å²) in [6.07, 6.45) is 1.34. The summed E-state index contributed by atoms with van der Waals surface area (Å²) in [5.41, 5.74) is 0.536. The predicted octanol–water partition coefficient (Wildman–Crippen LogP) is 1.50. The summed E-state index contributed by atoms with van der Waals surface area (Å²) in [7, 11) is -3.59. The van der Waals surface area contributed by atoms with Gasteiger partial charge in [-0.3, -0.25) is 4.79 Å². The normalized spacial score (nSPS) is 20.0. The molecule has 0 radical (unpaired) electrons. The molecule has 0 aromatic heterocycles. The molecule has 0 bridgehead atoms. The van der Waals surface area contributed by atoms with Crippen molar-refractivity contribution in [3.05, 3.63) is 29.6 Å². The SMILES string of the molecule is CC(NC(=O)CC1CSCCN1)c1ccc(S(C)(=O)=O)c(F)c1. The van der Waals surface area contributed by atoms with E-state index in [1.54, 1.807) is 6.92 Å². The highest BCUT2D eigenvalue weighted by Crippen LogP contribution is 2.20. The lowest BCUT2D eigenvalue weighted by atomic mass is 10.1. The second-order valence-corrected chi connectivity index (χ2v) is 8.82. The lowest BCUT2D eigenvalue weighted by Crippen LogP contribution is -2.41. The molecule has 1 aromatic rings. The Morgan fingerprint density at radius 2 is 2.26 bits per heavy atom. The lowest BCUT2D eigenvalue weighted by molar-refractivity contribution is -0.122. The van der Waals surface area contributed by atoms with E-state index in [4.69, 9.17) is 0 Å². The molecule has 1 saturated heterocycles. The fraction of sp³-hybridized carbons (Fsp3) is 0.533. The Kier molecular flexibility index (Phi) is 6.05. The van der Waals surface area contributed by atoms with Gasteiger partial charge in [-0.1, -0.05) is 6.07 Å². The second kappa shape index (κ2) is 7.63. The van der Waals surface area contributed by atoms with Gasteiger partial charge in [-0.2, -0.15) is 11.8 Å². The van der Waals surface area contributed by atoms with Crippen LogP contribution in [0.25, 0.3) is 0 Å². The Hall–Kier alpha value is -1.12. The fourth-order valence-corrected chi connectivity index (χ4v) is 4.12. The van der Waals surface area contributed by atoms with E-state index in [9.17, 15) is 17.6 Å². The van der Waals surface area contributed by atoms with E-state index >= 15 is 0 Å². The zero-order valence-corrected chi connectivity index (χ0v) is 14.8. The molecule has 2 N–H and O–H groups in total. The molecule has 1 heterocycles.